The molecular formula is C13H16BrFIN3. The maximum Gasteiger partial charge on any atom is 0.192 e. The van der Waals surface area contributed by atoms with Crippen LogP contribution in [-0.2, 0) is 6.54 Å². The lowest BCUT2D eigenvalue weighted by molar-refractivity contribution is 0.609. The summed E-state index contributed by atoms with van der Waals surface area (Å²) < 4.78 is 14.3. The van der Waals surface area contributed by atoms with Crippen LogP contribution in [0.1, 0.15) is 12.5 Å². The highest BCUT2D eigenvalue weighted by atomic mass is 127. The molecule has 6 heteroatoms. The summed E-state index contributed by atoms with van der Waals surface area (Å²) in [6, 6.07) is 4.91. The highest BCUT2D eigenvalue weighted by molar-refractivity contribution is 14.0. The van der Waals surface area contributed by atoms with Crippen LogP contribution in [-0.4, -0.2) is 19.0 Å². The van der Waals surface area contributed by atoms with E-state index in [-0.39, 0.29) is 36.3 Å². The molecule has 0 aliphatic rings. The van der Waals surface area contributed by atoms with Crippen LogP contribution in [0.4, 0.5) is 4.39 Å². The van der Waals surface area contributed by atoms with Crippen LogP contribution in [0, 0.1) is 18.2 Å². The molecule has 0 heterocycles. The Hall–Kier alpha value is -0.810. The van der Waals surface area contributed by atoms with Gasteiger partial charge in [-0.3, -0.25) is 0 Å². The average Bonchev–Trinajstić information content (AvgIpc) is 2.34. The molecule has 0 bridgehead atoms. The van der Waals surface area contributed by atoms with Gasteiger partial charge < -0.3 is 10.6 Å². The van der Waals surface area contributed by atoms with Gasteiger partial charge in [0.1, 0.15) is 5.82 Å². The molecule has 0 spiro atoms. The molecule has 0 unspecified atom stereocenters. The summed E-state index contributed by atoms with van der Waals surface area (Å²) in [6.07, 6.45) is 5.16. The van der Waals surface area contributed by atoms with E-state index in [0.717, 1.165) is 6.54 Å². The molecule has 0 fully saturated rings. The SMILES string of the molecule is C#CCNC(=NCc1ccc(Br)cc1F)NCC.I. The highest BCUT2D eigenvalue weighted by Crippen LogP contribution is 2.15. The number of nitrogens with zero attached hydrogens (tertiary/aromatic N) is 1. The van der Waals surface area contributed by atoms with E-state index < -0.39 is 0 Å². The summed E-state index contributed by atoms with van der Waals surface area (Å²) in [4.78, 5) is 4.26. The number of rotatable bonds is 4. The van der Waals surface area contributed by atoms with Crippen molar-refractivity contribution in [3.05, 3.63) is 34.1 Å². The molecule has 19 heavy (non-hydrogen) atoms. The zero-order chi connectivity index (χ0) is 13.4. The summed E-state index contributed by atoms with van der Waals surface area (Å²) in [5.74, 6) is 2.77. The smallest absolute Gasteiger partial charge is 0.192 e. The Morgan fingerprint density at radius 3 is 2.79 bits per heavy atom. The van der Waals surface area contributed by atoms with Gasteiger partial charge in [-0.25, -0.2) is 9.38 Å². The fourth-order valence-corrected chi connectivity index (χ4v) is 1.62. The molecule has 1 rings (SSSR count). The zero-order valence-electron chi connectivity index (χ0n) is 10.5. The largest absolute Gasteiger partial charge is 0.357 e. The summed E-state index contributed by atoms with van der Waals surface area (Å²) in [7, 11) is 0. The number of benzene rings is 1. The van der Waals surface area contributed by atoms with Gasteiger partial charge in [-0.1, -0.05) is 27.9 Å². The Morgan fingerprint density at radius 1 is 1.47 bits per heavy atom. The van der Waals surface area contributed by atoms with Crippen LogP contribution in [0.2, 0.25) is 0 Å². The Bertz CT molecular complexity index is 471. The van der Waals surface area contributed by atoms with Crippen LogP contribution in [0.25, 0.3) is 0 Å². The van der Waals surface area contributed by atoms with Gasteiger partial charge in [-0.2, -0.15) is 0 Å². The Labute approximate surface area is 138 Å². The number of hydrogen-bond acceptors (Lipinski definition) is 1. The van der Waals surface area contributed by atoms with Crippen LogP contribution in [0.5, 0.6) is 0 Å². The van der Waals surface area contributed by atoms with Crippen molar-refractivity contribution in [3.8, 4) is 12.3 Å². The fraction of sp³-hybridized carbons (Fsp3) is 0.308. The summed E-state index contributed by atoms with van der Waals surface area (Å²) >= 11 is 3.21. The minimum Gasteiger partial charge on any atom is -0.357 e. The molecule has 3 nitrogen and oxygen atoms in total. The van der Waals surface area contributed by atoms with E-state index >= 15 is 0 Å². The summed E-state index contributed by atoms with van der Waals surface area (Å²) in [5, 5.41) is 5.97. The van der Waals surface area contributed by atoms with Crippen molar-refractivity contribution in [2.75, 3.05) is 13.1 Å². The van der Waals surface area contributed by atoms with E-state index in [1.165, 1.54) is 6.07 Å². The van der Waals surface area contributed by atoms with Gasteiger partial charge in [0.05, 0.1) is 13.1 Å². The van der Waals surface area contributed by atoms with Crippen LogP contribution in [0.15, 0.2) is 27.7 Å². The van der Waals surface area contributed by atoms with Crippen molar-refractivity contribution >= 4 is 45.9 Å². The maximum atomic E-state index is 13.6. The molecule has 0 radical (unpaired) electrons. The van der Waals surface area contributed by atoms with Gasteiger partial charge in [0.15, 0.2) is 5.96 Å². The average molecular weight is 440 g/mol. The van der Waals surface area contributed by atoms with E-state index in [2.05, 4.69) is 37.5 Å². The summed E-state index contributed by atoms with van der Waals surface area (Å²) in [5.41, 5.74) is 0.538. The van der Waals surface area contributed by atoms with Crippen molar-refractivity contribution < 1.29 is 4.39 Å². The Morgan fingerprint density at radius 2 is 2.21 bits per heavy atom. The number of halogens is 3. The number of guanidine groups is 1. The zero-order valence-corrected chi connectivity index (χ0v) is 14.5. The molecule has 1 aromatic carbocycles. The third-order valence-corrected chi connectivity index (χ3v) is 2.62. The van der Waals surface area contributed by atoms with E-state index in [9.17, 15) is 4.39 Å². The minimum absolute atomic E-state index is 0. The number of terminal acetylenes is 1. The van der Waals surface area contributed by atoms with Crippen LogP contribution < -0.4 is 10.6 Å². The molecule has 0 amide bonds. The first-order valence-corrected chi connectivity index (χ1v) is 6.36. The first-order chi connectivity index (χ1) is 8.67. The second-order valence-corrected chi connectivity index (χ2v) is 4.40. The quantitative estimate of drug-likeness (QED) is 0.327. The van der Waals surface area contributed by atoms with Gasteiger partial charge in [-0.05, 0) is 19.1 Å². The predicted molar refractivity (Wildman–Crippen MR) is 91.2 cm³/mol. The number of hydrogen-bond donors (Lipinski definition) is 2. The van der Waals surface area contributed by atoms with E-state index in [4.69, 9.17) is 6.42 Å². The lowest BCUT2D eigenvalue weighted by atomic mass is 10.2. The predicted octanol–water partition coefficient (Wildman–Crippen LogP) is 2.89. The molecule has 0 aliphatic heterocycles. The Kier molecular flexibility index (Phi) is 9.61. The van der Waals surface area contributed by atoms with Gasteiger partial charge in [0.2, 0.25) is 0 Å². The van der Waals surface area contributed by atoms with Crippen molar-refractivity contribution in [1.82, 2.24) is 10.6 Å². The first-order valence-electron chi connectivity index (χ1n) is 5.57. The van der Waals surface area contributed by atoms with Crippen LogP contribution in [0.3, 0.4) is 0 Å². The second kappa shape index (κ2) is 10.0. The molecule has 2 N–H and O–H groups in total. The topological polar surface area (TPSA) is 36.4 Å². The maximum absolute atomic E-state index is 13.6. The van der Waals surface area contributed by atoms with E-state index in [0.29, 0.717) is 22.5 Å². The van der Waals surface area contributed by atoms with E-state index in [1.807, 2.05) is 6.92 Å². The third kappa shape index (κ3) is 6.78. The number of nitrogens with one attached hydrogen (secondary N) is 2. The molecule has 0 aromatic heterocycles. The Balaban J connectivity index is 0.00000324. The lowest BCUT2D eigenvalue weighted by Crippen LogP contribution is -2.37. The normalized spacial score (nSPS) is 10.3. The standard InChI is InChI=1S/C13H15BrFN3.HI/c1-3-7-17-13(16-4-2)18-9-10-5-6-11(14)8-12(10)15;/h1,5-6,8H,4,7,9H2,2H3,(H2,16,17,18);1H. The summed E-state index contributed by atoms with van der Waals surface area (Å²) in [6.45, 7) is 3.32. The van der Waals surface area contributed by atoms with Crippen molar-refractivity contribution in [3.63, 3.8) is 0 Å². The van der Waals surface area contributed by atoms with Gasteiger partial charge >= 0.3 is 0 Å². The fourth-order valence-electron chi connectivity index (χ4n) is 1.29. The molecule has 0 aliphatic carbocycles. The van der Waals surface area contributed by atoms with E-state index in [1.54, 1.807) is 12.1 Å². The van der Waals surface area contributed by atoms with Crippen LogP contribution >= 0.6 is 39.9 Å². The second-order valence-electron chi connectivity index (χ2n) is 3.49. The molecular weight excluding hydrogens is 424 g/mol. The number of aliphatic imine (C=N–C) groups is 1. The molecule has 0 atom stereocenters. The minimum atomic E-state index is -0.277. The lowest BCUT2D eigenvalue weighted by Gasteiger charge is -2.09. The molecule has 1 aromatic rings. The molecule has 104 valence electrons. The van der Waals surface area contributed by atoms with Gasteiger partial charge in [-0.15, -0.1) is 30.4 Å². The molecule has 0 saturated carbocycles. The van der Waals surface area contributed by atoms with Crippen molar-refractivity contribution in [2.24, 2.45) is 4.99 Å². The van der Waals surface area contributed by atoms with Gasteiger partial charge in [0, 0.05) is 16.6 Å². The third-order valence-electron chi connectivity index (χ3n) is 2.12. The van der Waals surface area contributed by atoms with Crippen molar-refractivity contribution in [1.29, 1.82) is 0 Å². The highest BCUT2D eigenvalue weighted by Gasteiger charge is 2.02. The van der Waals surface area contributed by atoms with Gasteiger partial charge in [0.25, 0.3) is 0 Å². The molecule has 0 saturated heterocycles. The monoisotopic (exact) mass is 439 g/mol. The first kappa shape index (κ1) is 18.2. The van der Waals surface area contributed by atoms with Crippen molar-refractivity contribution in [2.45, 2.75) is 13.5 Å².